The Bertz CT molecular complexity index is 556. The maximum absolute atomic E-state index is 13.1. The molecule has 0 saturated heterocycles. The number of hydrogen-bond acceptors (Lipinski definition) is 2. The molecule has 3 N–H and O–H groups in total. The Kier molecular flexibility index (Phi) is 3.33. The third-order valence-electron chi connectivity index (χ3n) is 2.42. The summed E-state index contributed by atoms with van der Waals surface area (Å²) in [4.78, 5) is 0. The molecule has 0 heterocycles. The minimum atomic E-state index is -4.37. The Morgan fingerprint density at radius 1 is 0.895 bits per heavy atom. The van der Waals surface area contributed by atoms with Crippen LogP contribution in [0.1, 0.15) is 5.56 Å². The summed E-state index contributed by atoms with van der Waals surface area (Å²) in [6.07, 6.45) is -4.37. The predicted octanol–water partition coefficient (Wildman–Crippen LogP) is 4.17. The van der Waals surface area contributed by atoms with Crippen LogP contribution in [0.2, 0.25) is 0 Å². The summed E-state index contributed by atoms with van der Waals surface area (Å²) in [5.41, 5.74) is 5.74. The van der Waals surface area contributed by atoms with Crippen molar-refractivity contribution < 1.29 is 17.6 Å². The zero-order valence-electron chi connectivity index (χ0n) is 9.63. The number of nitrogen functional groups attached to an aromatic ring is 1. The van der Waals surface area contributed by atoms with E-state index in [4.69, 9.17) is 5.73 Å². The fourth-order valence-electron chi connectivity index (χ4n) is 1.59. The highest BCUT2D eigenvalue weighted by molar-refractivity contribution is 5.63. The maximum Gasteiger partial charge on any atom is 0.416 e. The van der Waals surface area contributed by atoms with Gasteiger partial charge in [0.25, 0.3) is 0 Å². The molecule has 6 heteroatoms. The van der Waals surface area contributed by atoms with Crippen LogP contribution < -0.4 is 11.1 Å². The van der Waals surface area contributed by atoms with Crippen LogP contribution in [0.4, 0.5) is 34.6 Å². The van der Waals surface area contributed by atoms with Gasteiger partial charge in [0.1, 0.15) is 5.82 Å². The van der Waals surface area contributed by atoms with Crippen molar-refractivity contribution in [2.75, 3.05) is 11.1 Å². The molecular formula is C13H10F4N2. The number of halogens is 4. The topological polar surface area (TPSA) is 38.0 Å². The van der Waals surface area contributed by atoms with Crippen molar-refractivity contribution in [1.82, 2.24) is 0 Å². The van der Waals surface area contributed by atoms with E-state index in [1.165, 1.54) is 24.3 Å². The Morgan fingerprint density at radius 2 is 1.53 bits per heavy atom. The summed E-state index contributed by atoms with van der Waals surface area (Å²) in [7, 11) is 0. The summed E-state index contributed by atoms with van der Waals surface area (Å²) in [5.74, 6) is -0.519. The van der Waals surface area contributed by atoms with Crippen molar-refractivity contribution in [3.05, 3.63) is 53.8 Å². The third kappa shape index (κ3) is 3.37. The lowest BCUT2D eigenvalue weighted by Gasteiger charge is -2.10. The van der Waals surface area contributed by atoms with Crippen LogP contribution >= 0.6 is 0 Å². The van der Waals surface area contributed by atoms with Crippen LogP contribution in [0.25, 0.3) is 0 Å². The van der Waals surface area contributed by atoms with Gasteiger partial charge in [0, 0.05) is 17.1 Å². The quantitative estimate of drug-likeness (QED) is 0.635. The number of hydrogen-bond donors (Lipinski definition) is 2. The highest BCUT2D eigenvalue weighted by Crippen LogP contribution is 2.30. The lowest BCUT2D eigenvalue weighted by Crippen LogP contribution is -2.04. The summed E-state index contributed by atoms with van der Waals surface area (Å²) >= 11 is 0. The average molecular weight is 270 g/mol. The summed E-state index contributed by atoms with van der Waals surface area (Å²) in [6.45, 7) is 0. The standard InChI is InChI=1S/C13H10F4N2/c14-9-5-10(18)7-12(6-9)19-11-3-1-8(2-4-11)13(15,16)17/h1-7,19H,18H2. The fraction of sp³-hybridized carbons (Fsp3) is 0.0769. The lowest BCUT2D eigenvalue weighted by molar-refractivity contribution is -0.137. The Labute approximate surface area is 106 Å². The van der Waals surface area contributed by atoms with E-state index < -0.39 is 17.6 Å². The number of rotatable bonds is 2. The summed E-state index contributed by atoms with van der Waals surface area (Å²) < 4.78 is 50.2. The maximum atomic E-state index is 13.1. The van der Waals surface area contributed by atoms with Crippen molar-refractivity contribution in [1.29, 1.82) is 0 Å². The van der Waals surface area contributed by atoms with Crippen molar-refractivity contribution in [3.8, 4) is 0 Å². The molecule has 2 nitrogen and oxygen atoms in total. The van der Waals surface area contributed by atoms with E-state index in [0.717, 1.165) is 18.2 Å². The van der Waals surface area contributed by atoms with Gasteiger partial charge < -0.3 is 11.1 Å². The number of nitrogens with two attached hydrogens (primary N) is 1. The molecule has 0 aliphatic rings. The van der Waals surface area contributed by atoms with E-state index in [9.17, 15) is 17.6 Å². The highest BCUT2D eigenvalue weighted by atomic mass is 19.4. The molecule has 0 fully saturated rings. The second kappa shape index (κ2) is 4.79. The van der Waals surface area contributed by atoms with E-state index in [0.29, 0.717) is 11.4 Å². The number of anilines is 3. The van der Waals surface area contributed by atoms with E-state index in [1.807, 2.05) is 0 Å². The summed E-state index contributed by atoms with van der Waals surface area (Å²) in [6, 6.07) is 8.27. The van der Waals surface area contributed by atoms with Crippen LogP contribution in [-0.4, -0.2) is 0 Å². The molecule has 2 aromatic rings. The first-order chi connectivity index (χ1) is 8.84. The molecule has 100 valence electrons. The van der Waals surface area contributed by atoms with Crippen LogP contribution in [0.15, 0.2) is 42.5 Å². The van der Waals surface area contributed by atoms with Gasteiger partial charge in [0.2, 0.25) is 0 Å². The zero-order chi connectivity index (χ0) is 14.0. The molecule has 2 aromatic carbocycles. The van der Waals surface area contributed by atoms with Crippen LogP contribution in [-0.2, 0) is 6.18 Å². The van der Waals surface area contributed by atoms with E-state index in [2.05, 4.69) is 5.32 Å². The first kappa shape index (κ1) is 13.2. The summed E-state index contributed by atoms with van der Waals surface area (Å²) in [5, 5.41) is 2.78. The zero-order valence-corrected chi connectivity index (χ0v) is 9.63. The molecule has 19 heavy (non-hydrogen) atoms. The number of benzene rings is 2. The van der Waals surface area contributed by atoms with Crippen molar-refractivity contribution in [2.24, 2.45) is 0 Å². The third-order valence-corrected chi connectivity index (χ3v) is 2.42. The smallest absolute Gasteiger partial charge is 0.399 e. The van der Waals surface area contributed by atoms with Gasteiger partial charge >= 0.3 is 6.18 Å². The molecule has 0 atom stereocenters. The van der Waals surface area contributed by atoms with Gasteiger partial charge in [-0.05, 0) is 42.5 Å². The normalized spacial score (nSPS) is 11.4. The second-order valence-electron chi connectivity index (χ2n) is 3.97. The van der Waals surface area contributed by atoms with Gasteiger partial charge in [0.05, 0.1) is 5.56 Å². The number of alkyl halides is 3. The average Bonchev–Trinajstić information content (AvgIpc) is 2.26. The first-order valence-corrected chi connectivity index (χ1v) is 5.35. The molecule has 0 saturated carbocycles. The number of nitrogens with one attached hydrogen (secondary N) is 1. The van der Waals surface area contributed by atoms with E-state index in [-0.39, 0.29) is 5.69 Å². The predicted molar refractivity (Wildman–Crippen MR) is 65.5 cm³/mol. The van der Waals surface area contributed by atoms with Gasteiger partial charge in [-0.3, -0.25) is 0 Å². The van der Waals surface area contributed by atoms with Crippen molar-refractivity contribution >= 4 is 17.1 Å². The molecule has 0 aromatic heterocycles. The second-order valence-corrected chi connectivity index (χ2v) is 3.97. The van der Waals surface area contributed by atoms with Gasteiger partial charge in [-0.1, -0.05) is 0 Å². The van der Waals surface area contributed by atoms with Crippen LogP contribution in [0.3, 0.4) is 0 Å². The Morgan fingerprint density at radius 3 is 2.05 bits per heavy atom. The minimum Gasteiger partial charge on any atom is -0.399 e. The largest absolute Gasteiger partial charge is 0.416 e. The minimum absolute atomic E-state index is 0.231. The molecule has 0 aliphatic carbocycles. The van der Waals surface area contributed by atoms with Crippen LogP contribution in [0, 0.1) is 5.82 Å². The van der Waals surface area contributed by atoms with Crippen LogP contribution in [0.5, 0.6) is 0 Å². The lowest BCUT2D eigenvalue weighted by atomic mass is 10.2. The molecule has 0 amide bonds. The first-order valence-electron chi connectivity index (χ1n) is 5.35. The van der Waals surface area contributed by atoms with E-state index >= 15 is 0 Å². The SMILES string of the molecule is Nc1cc(F)cc(Nc2ccc(C(F)(F)F)cc2)c1. The monoisotopic (exact) mass is 270 g/mol. The van der Waals surface area contributed by atoms with Gasteiger partial charge in [-0.15, -0.1) is 0 Å². The van der Waals surface area contributed by atoms with Crippen molar-refractivity contribution in [3.63, 3.8) is 0 Å². The van der Waals surface area contributed by atoms with Gasteiger partial charge in [-0.2, -0.15) is 13.2 Å². The van der Waals surface area contributed by atoms with E-state index in [1.54, 1.807) is 0 Å². The molecule has 0 spiro atoms. The van der Waals surface area contributed by atoms with Gasteiger partial charge in [0.15, 0.2) is 0 Å². The Balaban J connectivity index is 2.20. The van der Waals surface area contributed by atoms with Crippen molar-refractivity contribution in [2.45, 2.75) is 6.18 Å². The molecular weight excluding hydrogens is 260 g/mol. The molecule has 0 aliphatic heterocycles. The highest BCUT2D eigenvalue weighted by Gasteiger charge is 2.29. The van der Waals surface area contributed by atoms with Gasteiger partial charge in [-0.25, -0.2) is 4.39 Å². The molecule has 2 rings (SSSR count). The molecule has 0 radical (unpaired) electrons. The molecule has 0 bridgehead atoms. The fourth-order valence-corrected chi connectivity index (χ4v) is 1.59. The Hall–Kier alpha value is -2.24. The molecule has 0 unspecified atom stereocenters.